The lowest BCUT2D eigenvalue weighted by molar-refractivity contribution is -0.122. The van der Waals surface area contributed by atoms with Crippen molar-refractivity contribution in [3.05, 3.63) is 24.0 Å². The summed E-state index contributed by atoms with van der Waals surface area (Å²) in [5, 5.41) is 3.12. The molecule has 1 amide bonds. The minimum absolute atomic E-state index is 0.0422. The summed E-state index contributed by atoms with van der Waals surface area (Å²) < 4.78 is 1.80. The molecule has 1 aliphatic carbocycles. The fourth-order valence-electron chi connectivity index (χ4n) is 2.63. The Kier molecular flexibility index (Phi) is 4.96. The Morgan fingerprint density at radius 1 is 1.37 bits per heavy atom. The maximum absolute atomic E-state index is 12.0. The Morgan fingerprint density at radius 2 is 2.05 bits per heavy atom. The van der Waals surface area contributed by atoms with Crippen LogP contribution in [-0.2, 0) is 11.3 Å². The van der Waals surface area contributed by atoms with Crippen LogP contribution in [0.1, 0.15) is 44.2 Å². The molecule has 0 atom stereocenters. The highest BCUT2D eigenvalue weighted by atomic mass is 32.1. The Hall–Kier alpha value is -1.36. The zero-order valence-corrected chi connectivity index (χ0v) is 11.9. The number of aromatic nitrogens is 1. The zero-order valence-electron chi connectivity index (χ0n) is 11.1. The second-order valence-electron chi connectivity index (χ2n) is 5.14. The molecule has 1 aromatic rings. The molecule has 0 aromatic carbocycles. The smallest absolute Gasteiger partial charge is 0.240 e. The number of carbonyl (C=O) groups is 1. The Labute approximate surface area is 119 Å². The number of nitrogens with one attached hydrogen (secondary N) is 1. The molecule has 0 spiro atoms. The Morgan fingerprint density at radius 3 is 2.68 bits per heavy atom. The van der Waals surface area contributed by atoms with Crippen molar-refractivity contribution in [2.45, 2.75) is 51.1 Å². The van der Waals surface area contributed by atoms with Crippen LogP contribution in [-0.4, -0.2) is 21.5 Å². The topological polar surface area (TPSA) is 60.0 Å². The lowest BCUT2D eigenvalue weighted by Gasteiger charge is -2.17. The van der Waals surface area contributed by atoms with Crippen LogP contribution in [0.4, 0.5) is 0 Å². The molecular formula is C14H21N3OS. The molecule has 0 radical (unpaired) electrons. The van der Waals surface area contributed by atoms with E-state index in [9.17, 15) is 4.79 Å². The van der Waals surface area contributed by atoms with Crippen molar-refractivity contribution in [1.29, 1.82) is 0 Å². The van der Waals surface area contributed by atoms with Crippen LogP contribution in [0.15, 0.2) is 18.3 Å². The number of thiocarbonyl (C=S) groups is 1. The quantitative estimate of drug-likeness (QED) is 0.654. The molecule has 4 nitrogen and oxygen atoms in total. The van der Waals surface area contributed by atoms with Gasteiger partial charge >= 0.3 is 0 Å². The summed E-state index contributed by atoms with van der Waals surface area (Å²) in [7, 11) is 0. The van der Waals surface area contributed by atoms with Gasteiger partial charge < -0.3 is 15.6 Å². The molecule has 1 aromatic heterocycles. The minimum atomic E-state index is 0.0422. The molecular weight excluding hydrogens is 258 g/mol. The van der Waals surface area contributed by atoms with E-state index in [0.717, 1.165) is 18.5 Å². The molecule has 3 N–H and O–H groups in total. The average Bonchev–Trinajstić information content (AvgIpc) is 2.66. The van der Waals surface area contributed by atoms with Crippen LogP contribution >= 0.6 is 12.2 Å². The summed E-state index contributed by atoms with van der Waals surface area (Å²) in [5.74, 6) is 0.0422. The molecule has 5 heteroatoms. The van der Waals surface area contributed by atoms with E-state index in [2.05, 4.69) is 5.32 Å². The highest BCUT2D eigenvalue weighted by Gasteiger charge is 2.15. The number of nitrogens with zero attached hydrogens (tertiary/aromatic N) is 1. The molecule has 1 saturated carbocycles. The van der Waals surface area contributed by atoms with Gasteiger partial charge in [-0.15, -0.1) is 0 Å². The van der Waals surface area contributed by atoms with Crippen molar-refractivity contribution < 1.29 is 4.79 Å². The van der Waals surface area contributed by atoms with Gasteiger partial charge in [-0.3, -0.25) is 4.79 Å². The third-order valence-electron chi connectivity index (χ3n) is 3.62. The SMILES string of the molecule is NC(=S)c1cccn1CC(=O)NC1CCCCCC1. The summed E-state index contributed by atoms with van der Waals surface area (Å²) in [6.07, 6.45) is 9.03. The van der Waals surface area contributed by atoms with Crippen LogP contribution < -0.4 is 11.1 Å². The third-order valence-corrected chi connectivity index (χ3v) is 3.83. The van der Waals surface area contributed by atoms with Crippen LogP contribution in [0.2, 0.25) is 0 Å². The molecule has 1 aliphatic rings. The predicted molar refractivity (Wildman–Crippen MR) is 80.0 cm³/mol. The van der Waals surface area contributed by atoms with Gasteiger partial charge in [-0.05, 0) is 25.0 Å². The van der Waals surface area contributed by atoms with Crippen molar-refractivity contribution in [1.82, 2.24) is 9.88 Å². The number of nitrogens with two attached hydrogens (primary N) is 1. The first kappa shape index (κ1) is 14.1. The van der Waals surface area contributed by atoms with E-state index in [1.54, 1.807) is 4.57 Å². The van der Waals surface area contributed by atoms with Gasteiger partial charge in [0, 0.05) is 12.2 Å². The maximum Gasteiger partial charge on any atom is 0.240 e. The van der Waals surface area contributed by atoms with Crippen LogP contribution in [0.5, 0.6) is 0 Å². The van der Waals surface area contributed by atoms with Crippen LogP contribution in [0, 0.1) is 0 Å². The van der Waals surface area contributed by atoms with Crippen molar-refractivity contribution in [2.24, 2.45) is 5.73 Å². The summed E-state index contributed by atoms with van der Waals surface area (Å²) in [5.41, 5.74) is 6.36. The molecule has 1 fully saturated rings. The summed E-state index contributed by atoms with van der Waals surface area (Å²) in [4.78, 5) is 12.4. The first-order valence-corrected chi connectivity index (χ1v) is 7.32. The van der Waals surface area contributed by atoms with Crippen LogP contribution in [0.25, 0.3) is 0 Å². The van der Waals surface area contributed by atoms with Gasteiger partial charge in [0.05, 0.1) is 5.69 Å². The lowest BCUT2D eigenvalue weighted by atomic mass is 10.1. The molecule has 0 aliphatic heterocycles. The van der Waals surface area contributed by atoms with Crippen molar-refractivity contribution in [3.63, 3.8) is 0 Å². The number of hydrogen-bond donors (Lipinski definition) is 2. The molecule has 19 heavy (non-hydrogen) atoms. The monoisotopic (exact) mass is 279 g/mol. The highest BCUT2D eigenvalue weighted by Crippen LogP contribution is 2.17. The summed E-state index contributed by atoms with van der Waals surface area (Å²) >= 11 is 4.96. The van der Waals surface area contributed by atoms with E-state index in [1.807, 2.05) is 18.3 Å². The largest absolute Gasteiger partial charge is 0.388 e. The van der Waals surface area contributed by atoms with Crippen molar-refractivity contribution in [3.8, 4) is 0 Å². The van der Waals surface area contributed by atoms with Gasteiger partial charge in [0.2, 0.25) is 5.91 Å². The molecule has 104 valence electrons. The van der Waals surface area contributed by atoms with E-state index >= 15 is 0 Å². The normalized spacial score (nSPS) is 16.8. The fraction of sp³-hybridized carbons (Fsp3) is 0.571. The first-order chi connectivity index (χ1) is 9.16. The van der Waals surface area contributed by atoms with E-state index in [4.69, 9.17) is 18.0 Å². The van der Waals surface area contributed by atoms with E-state index in [-0.39, 0.29) is 12.5 Å². The first-order valence-electron chi connectivity index (χ1n) is 6.91. The zero-order chi connectivity index (χ0) is 13.7. The van der Waals surface area contributed by atoms with Gasteiger partial charge in [0.25, 0.3) is 0 Å². The minimum Gasteiger partial charge on any atom is -0.388 e. The second kappa shape index (κ2) is 6.70. The number of hydrogen-bond acceptors (Lipinski definition) is 2. The number of amides is 1. The number of rotatable bonds is 4. The van der Waals surface area contributed by atoms with Crippen molar-refractivity contribution in [2.75, 3.05) is 0 Å². The molecule has 1 heterocycles. The van der Waals surface area contributed by atoms with E-state index in [0.29, 0.717) is 11.0 Å². The fourth-order valence-corrected chi connectivity index (χ4v) is 2.81. The maximum atomic E-state index is 12.0. The van der Waals surface area contributed by atoms with E-state index < -0.39 is 0 Å². The molecule has 0 unspecified atom stereocenters. The average molecular weight is 279 g/mol. The third kappa shape index (κ3) is 4.06. The summed E-state index contributed by atoms with van der Waals surface area (Å²) in [6.45, 7) is 0.288. The Bertz CT molecular complexity index is 447. The van der Waals surface area contributed by atoms with E-state index in [1.165, 1.54) is 25.7 Å². The standard InChI is InChI=1S/C14H21N3OS/c15-14(19)12-8-5-9-17(12)10-13(18)16-11-6-3-1-2-4-7-11/h5,8-9,11H,1-4,6-7,10H2,(H2,15,19)(H,16,18). The second-order valence-corrected chi connectivity index (χ2v) is 5.58. The number of carbonyl (C=O) groups excluding carboxylic acids is 1. The molecule has 2 rings (SSSR count). The summed E-state index contributed by atoms with van der Waals surface area (Å²) in [6, 6.07) is 4.02. The lowest BCUT2D eigenvalue weighted by Crippen LogP contribution is -2.37. The van der Waals surface area contributed by atoms with Gasteiger partial charge in [-0.25, -0.2) is 0 Å². The Balaban J connectivity index is 1.89. The predicted octanol–water partition coefficient (Wildman–Crippen LogP) is 1.96. The highest BCUT2D eigenvalue weighted by molar-refractivity contribution is 7.80. The van der Waals surface area contributed by atoms with Crippen molar-refractivity contribution >= 4 is 23.1 Å². The van der Waals surface area contributed by atoms with Gasteiger partial charge in [0.15, 0.2) is 0 Å². The molecule has 0 bridgehead atoms. The van der Waals surface area contributed by atoms with Gasteiger partial charge in [0.1, 0.15) is 11.5 Å². The molecule has 0 saturated heterocycles. The van der Waals surface area contributed by atoms with Crippen LogP contribution in [0.3, 0.4) is 0 Å². The van der Waals surface area contributed by atoms with Gasteiger partial charge in [-0.1, -0.05) is 37.9 Å². The van der Waals surface area contributed by atoms with Gasteiger partial charge in [-0.2, -0.15) is 0 Å².